The van der Waals surface area contributed by atoms with Crippen molar-refractivity contribution in [3.05, 3.63) is 35.3 Å². The maximum Gasteiger partial charge on any atom is 0.258 e. The van der Waals surface area contributed by atoms with Gasteiger partial charge in [-0.15, -0.1) is 11.3 Å². The number of anilines is 1. The number of nitrogens with zero attached hydrogens (tertiary/aromatic N) is 2. The Balaban J connectivity index is 2.19. The first-order valence-electron chi connectivity index (χ1n) is 8.15. The molecule has 0 atom stereocenters. The highest BCUT2D eigenvalue weighted by molar-refractivity contribution is 7.13. The van der Waals surface area contributed by atoms with Gasteiger partial charge in [-0.1, -0.05) is 13.8 Å². The van der Waals surface area contributed by atoms with Crippen LogP contribution in [0.3, 0.4) is 0 Å². The minimum atomic E-state index is -0.290. The predicted octanol–water partition coefficient (Wildman–Crippen LogP) is 2.90. The first kappa shape index (κ1) is 19.7. The fraction of sp³-hybridized carbons (Fsp3) is 0.389. The van der Waals surface area contributed by atoms with Gasteiger partial charge >= 0.3 is 0 Å². The van der Waals surface area contributed by atoms with Gasteiger partial charge in [-0.05, 0) is 18.1 Å². The van der Waals surface area contributed by atoms with Crippen molar-refractivity contribution >= 4 is 28.3 Å². The van der Waals surface area contributed by atoms with E-state index in [0.717, 1.165) is 0 Å². The average molecular weight is 377 g/mol. The Hall–Kier alpha value is -2.61. The highest BCUT2D eigenvalue weighted by Crippen LogP contribution is 2.26. The summed E-state index contributed by atoms with van der Waals surface area (Å²) in [4.78, 5) is 30.8. The molecule has 0 aliphatic carbocycles. The molecule has 7 nitrogen and oxygen atoms in total. The highest BCUT2D eigenvalue weighted by Gasteiger charge is 2.23. The van der Waals surface area contributed by atoms with E-state index in [1.165, 1.54) is 23.3 Å². The molecule has 140 valence electrons. The van der Waals surface area contributed by atoms with Crippen LogP contribution in [0.15, 0.2) is 29.8 Å². The zero-order valence-electron chi connectivity index (χ0n) is 15.3. The lowest BCUT2D eigenvalue weighted by molar-refractivity contribution is -0.117. The van der Waals surface area contributed by atoms with E-state index in [1.807, 2.05) is 13.8 Å². The maximum atomic E-state index is 13.0. The van der Waals surface area contributed by atoms with Crippen LogP contribution in [0.4, 0.5) is 5.13 Å². The molecule has 26 heavy (non-hydrogen) atoms. The van der Waals surface area contributed by atoms with Crippen molar-refractivity contribution in [2.75, 3.05) is 32.6 Å². The summed E-state index contributed by atoms with van der Waals surface area (Å²) in [5, 5.41) is 4.98. The van der Waals surface area contributed by atoms with Crippen LogP contribution in [0.25, 0.3) is 0 Å². The van der Waals surface area contributed by atoms with E-state index in [0.29, 0.717) is 28.7 Å². The lowest BCUT2D eigenvalue weighted by Crippen LogP contribution is -2.40. The number of carbonyl (C=O) groups is 2. The van der Waals surface area contributed by atoms with E-state index < -0.39 is 0 Å². The van der Waals surface area contributed by atoms with E-state index in [9.17, 15) is 9.59 Å². The van der Waals surface area contributed by atoms with Crippen molar-refractivity contribution in [1.82, 2.24) is 9.88 Å². The van der Waals surface area contributed by atoms with Crippen LogP contribution < -0.4 is 14.8 Å². The van der Waals surface area contributed by atoms with Crippen LogP contribution in [-0.2, 0) is 4.79 Å². The van der Waals surface area contributed by atoms with Crippen LogP contribution in [-0.4, -0.2) is 49.0 Å². The fourth-order valence-electron chi connectivity index (χ4n) is 2.42. The Morgan fingerprint density at radius 2 is 2.04 bits per heavy atom. The standard InChI is InChI=1S/C18H23N3O4S/c1-12(2)10-21(11-16(22)20-18-19-7-8-26-18)17(23)14-6-5-13(24-3)9-15(14)25-4/h5-9,12H,10-11H2,1-4H3,(H,19,20,22). The van der Waals surface area contributed by atoms with Crippen molar-refractivity contribution in [2.24, 2.45) is 5.92 Å². The number of rotatable bonds is 8. The molecule has 0 unspecified atom stereocenters. The second-order valence-electron chi connectivity index (χ2n) is 6.03. The van der Waals surface area contributed by atoms with Gasteiger partial charge in [0.15, 0.2) is 5.13 Å². The number of benzene rings is 1. The Morgan fingerprint density at radius 1 is 1.27 bits per heavy atom. The van der Waals surface area contributed by atoms with E-state index >= 15 is 0 Å². The molecule has 1 aromatic heterocycles. The SMILES string of the molecule is COc1ccc(C(=O)N(CC(=O)Nc2nccs2)CC(C)C)c(OC)c1. The second-order valence-corrected chi connectivity index (χ2v) is 6.93. The van der Waals surface area contributed by atoms with Crippen LogP contribution in [0.1, 0.15) is 24.2 Å². The number of methoxy groups -OCH3 is 2. The van der Waals surface area contributed by atoms with E-state index in [1.54, 1.807) is 36.9 Å². The van der Waals surface area contributed by atoms with E-state index in [-0.39, 0.29) is 24.3 Å². The monoisotopic (exact) mass is 377 g/mol. The third-order valence-electron chi connectivity index (χ3n) is 3.52. The van der Waals surface area contributed by atoms with Gasteiger partial charge in [-0.25, -0.2) is 4.98 Å². The number of nitrogens with one attached hydrogen (secondary N) is 1. The Labute approximate surface area is 156 Å². The molecule has 0 radical (unpaired) electrons. The second kappa shape index (κ2) is 9.19. The summed E-state index contributed by atoms with van der Waals surface area (Å²) in [7, 11) is 3.04. The normalized spacial score (nSPS) is 10.5. The first-order chi connectivity index (χ1) is 12.4. The summed E-state index contributed by atoms with van der Waals surface area (Å²) < 4.78 is 10.5. The zero-order chi connectivity index (χ0) is 19.1. The number of amides is 2. The van der Waals surface area contributed by atoms with Gasteiger partial charge in [0.05, 0.1) is 19.8 Å². The van der Waals surface area contributed by atoms with Crippen molar-refractivity contribution in [1.29, 1.82) is 0 Å². The van der Waals surface area contributed by atoms with Crippen molar-refractivity contribution in [2.45, 2.75) is 13.8 Å². The average Bonchev–Trinajstić information content (AvgIpc) is 3.12. The van der Waals surface area contributed by atoms with Gasteiger partial charge in [0.2, 0.25) is 5.91 Å². The molecule has 1 heterocycles. The summed E-state index contributed by atoms with van der Waals surface area (Å²) in [5.74, 6) is 0.642. The molecular weight excluding hydrogens is 354 g/mol. The number of ether oxygens (including phenoxy) is 2. The minimum absolute atomic E-state index is 0.0637. The molecule has 8 heteroatoms. The molecule has 0 aliphatic heterocycles. The summed E-state index contributed by atoms with van der Waals surface area (Å²) in [6.45, 7) is 4.36. The number of carbonyl (C=O) groups excluding carboxylic acids is 2. The Bertz CT molecular complexity index is 747. The molecule has 1 N–H and O–H groups in total. The van der Waals surface area contributed by atoms with Crippen LogP contribution in [0.2, 0.25) is 0 Å². The lowest BCUT2D eigenvalue weighted by atomic mass is 10.1. The van der Waals surface area contributed by atoms with Gasteiger partial charge in [-0.2, -0.15) is 0 Å². The number of hydrogen-bond acceptors (Lipinski definition) is 6. The Morgan fingerprint density at radius 3 is 2.62 bits per heavy atom. The van der Waals surface area contributed by atoms with Gasteiger partial charge in [0, 0.05) is 24.2 Å². The van der Waals surface area contributed by atoms with E-state index in [2.05, 4.69) is 10.3 Å². The highest BCUT2D eigenvalue weighted by atomic mass is 32.1. The number of aromatic nitrogens is 1. The predicted molar refractivity (Wildman–Crippen MR) is 101 cm³/mol. The van der Waals surface area contributed by atoms with Gasteiger partial charge in [0.1, 0.15) is 18.0 Å². The van der Waals surface area contributed by atoms with Crippen LogP contribution >= 0.6 is 11.3 Å². The third kappa shape index (κ3) is 5.19. The molecule has 0 saturated heterocycles. The van der Waals surface area contributed by atoms with Crippen LogP contribution in [0.5, 0.6) is 11.5 Å². The molecule has 2 rings (SSSR count). The van der Waals surface area contributed by atoms with E-state index in [4.69, 9.17) is 9.47 Å². The molecule has 0 bridgehead atoms. The maximum absolute atomic E-state index is 13.0. The molecule has 0 saturated carbocycles. The topological polar surface area (TPSA) is 80.8 Å². The largest absolute Gasteiger partial charge is 0.497 e. The van der Waals surface area contributed by atoms with Gasteiger partial charge in [-0.3, -0.25) is 9.59 Å². The lowest BCUT2D eigenvalue weighted by Gasteiger charge is -2.25. The minimum Gasteiger partial charge on any atom is -0.497 e. The third-order valence-corrected chi connectivity index (χ3v) is 4.21. The van der Waals surface area contributed by atoms with Gasteiger partial charge in [0.25, 0.3) is 5.91 Å². The Kier molecular flexibility index (Phi) is 6.97. The summed E-state index contributed by atoms with van der Waals surface area (Å²) in [6, 6.07) is 4.99. The number of thiazole rings is 1. The molecule has 2 amide bonds. The quantitative estimate of drug-likeness (QED) is 0.765. The summed E-state index contributed by atoms with van der Waals surface area (Å²) >= 11 is 1.33. The molecule has 0 aliphatic rings. The molecule has 2 aromatic rings. The zero-order valence-corrected chi connectivity index (χ0v) is 16.1. The van der Waals surface area contributed by atoms with Crippen LogP contribution in [0, 0.1) is 5.92 Å². The molecule has 0 fully saturated rings. The molecular formula is C18H23N3O4S. The van der Waals surface area contributed by atoms with Gasteiger partial charge < -0.3 is 19.7 Å². The first-order valence-corrected chi connectivity index (χ1v) is 9.03. The summed E-state index contributed by atoms with van der Waals surface area (Å²) in [6.07, 6.45) is 1.61. The smallest absolute Gasteiger partial charge is 0.258 e. The van der Waals surface area contributed by atoms with Crippen molar-refractivity contribution in [3.63, 3.8) is 0 Å². The molecule has 0 spiro atoms. The number of hydrogen-bond donors (Lipinski definition) is 1. The fourth-order valence-corrected chi connectivity index (χ4v) is 2.97. The summed E-state index contributed by atoms with van der Waals surface area (Å²) in [5.41, 5.74) is 0.385. The molecule has 1 aromatic carbocycles. The van der Waals surface area contributed by atoms with Crippen molar-refractivity contribution < 1.29 is 19.1 Å². The van der Waals surface area contributed by atoms with Crippen molar-refractivity contribution in [3.8, 4) is 11.5 Å².